The van der Waals surface area contributed by atoms with Gasteiger partial charge in [-0.2, -0.15) is 14.9 Å². The van der Waals surface area contributed by atoms with E-state index in [0.717, 1.165) is 21.3 Å². The van der Waals surface area contributed by atoms with Gasteiger partial charge in [0.1, 0.15) is 5.75 Å². The summed E-state index contributed by atoms with van der Waals surface area (Å²) in [6, 6.07) is 15.4. The highest BCUT2D eigenvalue weighted by Crippen LogP contribution is 2.22. The Labute approximate surface area is 146 Å². The Balaban J connectivity index is 2.02. The second-order valence-electron chi connectivity index (χ2n) is 4.66. The van der Waals surface area contributed by atoms with E-state index in [4.69, 9.17) is 17.0 Å². The second-order valence-corrected chi connectivity index (χ2v) is 5.90. The Kier molecular flexibility index (Phi) is 4.68. The summed E-state index contributed by atoms with van der Waals surface area (Å²) in [5.74, 6) is 1.37. The van der Waals surface area contributed by atoms with Crippen molar-refractivity contribution in [2.45, 2.75) is 0 Å². The van der Waals surface area contributed by atoms with Gasteiger partial charge in [0.25, 0.3) is 0 Å². The van der Waals surface area contributed by atoms with E-state index in [0.29, 0.717) is 10.6 Å². The zero-order valence-corrected chi connectivity index (χ0v) is 14.6. The number of hydrogen-bond donors (Lipinski definition) is 1. The molecule has 0 amide bonds. The number of methoxy groups -OCH3 is 1. The topological polar surface area (TPSA) is 55.2 Å². The lowest BCUT2D eigenvalue weighted by atomic mass is 10.2. The predicted octanol–water partition coefficient (Wildman–Crippen LogP) is 4.26. The lowest BCUT2D eigenvalue weighted by Crippen LogP contribution is -1.96. The largest absolute Gasteiger partial charge is 0.497 e. The van der Waals surface area contributed by atoms with Crippen LogP contribution >= 0.6 is 28.1 Å². The maximum Gasteiger partial charge on any atom is 0.216 e. The SMILES string of the molecule is COc1cccc(-c2n[nH]c(=S)n2/N=C\c2ccccc2Br)c1. The number of aromatic nitrogens is 3. The van der Waals surface area contributed by atoms with Crippen LogP contribution in [0.1, 0.15) is 5.56 Å². The minimum Gasteiger partial charge on any atom is -0.497 e. The molecule has 0 unspecified atom stereocenters. The molecule has 116 valence electrons. The number of hydrogen-bond acceptors (Lipinski definition) is 4. The molecule has 0 saturated heterocycles. The Morgan fingerprint density at radius 1 is 1.26 bits per heavy atom. The third-order valence-corrected chi connectivity index (χ3v) is 4.18. The summed E-state index contributed by atoms with van der Waals surface area (Å²) in [5, 5.41) is 11.5. The van der Waals surface area contributed by atoms with Gasteiger partial charge in [0, 0.05) is 15.6 Å². The third kappa shape index (κ3) is 3.40. The van der Waals surface area contributed by atoms with Crippen LogP contribution in [-0.4, -0.2) is 28.2 Å². The molecule has 0 aliphatic rings. The monoisotopic (exact) mass is 388 g/mol. The minimum atomic E-state index is 0.422. The molecule has 0 fully saturated rings. The van der Waals surface area contributed by atoms with E-state index in [-0.39, 0.29) is 0 Å². The molecule has 0 spiro atoms. The molecule has 3 rings (SSSR count). The van der Waals surface area contributed by atoms with Gasteiger partial charge in [0.2, 0.25) is 4.77 Å². The Morgan fingerprint density at radius 3 is 2.87 bits per heavy atom. The summed E-state index contributed by atoms with van der Waals surface area (Å²) in [4.78, 5) is 0. The fourth-order valence-electron chi connectivity index (χ4n) is 2.05. The van der Waals surface area contributed by atoms with Crippen molar-refractivity contribution in [1.82, 2.24) is 14.9 Å². The van der Waals surface area contributed by atoms with Crippen molar-refractivity contribution in [1.29, 1.82) is 0 Å². The number of rotatable bonds is 4. The number of halogens is 1. The molecule has 7 heteroatoms. The minimum absolute atomic E-state index is 0.422. The van der Waals surface area contributed by atoms with Gasteiger partial charge >= 0.3 is 0 Å². The molecular weight excluding hydrogens is 376 g/mol. The van der Waals surface area contributed by atoms with Crippen LogP contribution in [0.5, 0.6) is 5.75 Å². The third-order valence-electron chi connectivity index (χ3n) is 3.20. The van der Waals surface area contributed by atoms with E-state index >= 15 is 0 Å². The summed E-state index contributed by atoms with van der Waals surface area (Å²) < 4.78 is 8.22. The van der Waals surface area contributed by atoms with Gasteiger partial charge < -0.3 is 4.74 Å². The number of H-pyrrole nitrogens is 1. The number of nitrogens with one attached hydrogen (secondary N) is 1. The van der Waals surface area contributed by atoms with Crippen molar-refractivity contribution in [3.05, 3.63) is 63.3 Å². The first kappa shape index (κ1) is 15.6. The lowest BCUT2D eigenvalue weighted by Gasteiger charge is -2.04. The summed E-state index contributed by atoms with van der Waals surface area (Å²) in [5.41, 5.74) is 1.81. The summed E-state index contributed by atoms with van der Waals surface area (Å²) in [6.07, 6.45) is 1.74. The van der Waals surface area contributed by atoms with Crippen LogP contribution in [0.2, 0.25) is 0 Å². The molecule has 5 nitrogen and oxygen atoms in total. The highest BCUT2D eigenvalue weighted by Gasteiger charge is 2.09. The van der Waals surface area contributed by atoms with Crippen molar-refractivity contribution in [3.63, 3.8) is 0 Å². The van der Waals surface area contributed by atoms with E-state index in [1.165, 1.54) is 0 Å². The highest BCUT2D eigenvalue weighted by molar-refractivity contribution is 9.10. The van der Waals surface area contributed by atoms with Crippen molar-refractivity contribution < 1.29 is 4.74 Å². The first-order chi connectivity index (χ1) is 11.2. The van der Waals surface area contributed by atoms with Gasteiger partial charge in [-0.1, -0.05) is 46.3 Å². The van der Waals surface area contributed by atoms with Gasteiger partial charge in [-0.05, 0) is 30.4 Å². The van der Waals surface area contributed by atoms with Crippen LogP contribution in [0.15, 0.2) is 58.1 Å². The number of nitrogens with zero attached hydrogens (tertiary/aromatic N) is 3. The van der Waals surface area contributed by atoms with E-state index in [1.54, 1.807) is 18.0 Å². The number of aromatic amines is 1. The van der Waals surface area contributed by atoms with Crippen LogP contribution in [0.3, 0.4) is 0 Å². The van der Waals surface area contributed by atoms with Crippen molar-refractivity contribution in [2.75, 3.05) is 7.11 Å². The van der Waals surface area contributed by atoms with Crippen LogP contribution in [0, 0.1) is 4.77 Å². The van der Waals surface area contributed by atoms with Crippen LogP contribution in [0.4, 0.5) is 0 Å². The van der Waals surface area contributed by atoms with E-state index in [9.17, 15) is 0 Å². The fourth-order valence-corrected chi connectivity index (χ4v) is 2.61. The highest BCUT2D eigenvalue weighted by atomic mass is 79.9. The van der Waals surface area contributed by atoms with E-state index in [2.05, 4.69) is 31.2 Å². The average molecular weight is 389 g/mol. The molecule has 0 radical (unpaired) electrons. The molecule has 3 aromatic rings. The zero-order valence-electron chi connectivity index (χ0n) is 12.2. The molecule has 0 atom stereocenters. The van der Waals surface area contributed by atoms with Crippen LogP contribution in [-0.2, 0) is 0 Å². The van der Waals surface area contributed by atoms with Crippen LogP contribution in [0.25, 0.3) is 11.4 Å². The molecule has 0 aliphatic heterocycles. The lowest BCUT2D eigenvalue weighted by molar-refractivity contribution is 0.415. The normalized spacial score (nSPS) is 11.0. The van der Waals surface area contributed by atoms with E-state index < -0.39 is 0 Å². The zero-order chi connectivity index (χ0) is 16.2. The second kappa shape index (κ2) is 6.89. The predicted molar refractivity (Wildman–Crippen MR) is 96.5 cm³/mol. The summed E-state index contributed by atoms with van der Waals surface area (Å²) in [7, 11) is 1.63. The molecule has 0 saturated carbocycles. The van der Waals surface area contributed by atoms with Crippen LogP contribution < -0.4 is 4.74 Å². The van der Waals surface area contributed by atoms with Gasteiger partial charge in [0.05, 0.1) is 13.3 Å². The van der Waals surface area contributed by atoms with Crippen molar-refractivity contribution >= 4 is 34.4 Å². The van der Waals surface area contributed by atoms with Gasteiger partial charge in [-0.3, -0.25) is 0 Å². The summed E-state index contributed by atoms with van der Waals surface area (Å²) in [6.45, 7) is 0. The van der Waals surface area contributed by atoms with E-state index in [1.807, 2.05) is 48.5 Å². The molecule has 2 aromatic carbocycles. The molecule has 23 heavy (non-hydrogen) atoms. The standard InChI is InChI=1S/C16H13BrN4OS/c1-22-13-7-4-6-11(9-13)15-19-20-16(23)21(15)18-10-12-5-2-3-8-14(12)17/h2-10H,1H3,(H,20,23)/b18-10-. The quantitative estimate of drug-likeness (QED) is 0.536. The first-order valence-electron chi connectivity index (χ1n) is 6.80. The van der Waals surface area contributed by atoms with Gasteiger partial charge in [0.15, 0.2) is 5.82 Å². The fraction of sp³-hybridized carbons (Fsp3) is 0.0625. The Bertz CT molecular complexity index is 916. The molecule has 1 N–H and O–H groups in total. The Morgan fingerprint density at radius 2 is 2.09 bits per heavy atom. The molecule has 0 bridgehead atoms. The first-order valence-corrected chi connectivity index (χ1v) is 8.00. The molecule has 1 heterocycles. The molecule has 1 aromatic heterocycles. The van der Waals surface area contributed by atoms with Gasteiger partial charge in [-0.25, -0.2) is 5.10 Å². The number of benzene rings is 2. The van der Waals surface area contributed by atoms with Crippen molar-refractivity contribution in [3.8, 4) is 17.1 Å². The molecule has 0 aliphatic carbocycles. The maximum atomic E-state index is 5.27. The number of ether oxygens (including phenoxy) is 1. The van der Waals surface area contributed by atoms with Gasteiger partial charge in [-0.15, -0.1) is 0 Å². The molecular formula is C16H13BrN4OS. The Hall–Kier alpha value is -2.25. The summed E-state index contributed by atoms with van der Waals surface area (Å²) >= 11 is 8.77. The smallest absolute Gasteiger partial charge is 0.216 e. The average Bonchev–Trinajstić information content (AvgIpc) is 2.95. The maximum absolute atomic E-state index is 5.27. The van der Waals surface area contributed by atoms with Crippen molar-refractivity contribution in [2.24, 2.45) is 5.10 Å².